The standard InChI is InChI=1S/C33H51N9O4/c1-21-17-24(43)18-22(2)25(21)20-28(39-30(44)26(35)11-8-15-42-16-14-37-33(42)36)31(45)38-27(12-6-7-13-34)32-40-29(41-46-32)19-23-9-4-3-5-10-23/h14,16-18,23,26-28,43H,3-13,15,19-20,34-35H2,1-2H3,(H2,36,37)(H,38,45)(H,39,44). The third-order valence-electron chi connectivity index (χ3n) is 8.96. The van der Waals surface area contributed by atoms with Crippen molar-refractivity contribution < 1.29 is 19.2 Å². The summed E-state index contributed by atoms with van der Waals surface area (Å²) in [6.07, 6.45) is 13.5. The first-order valence-electron chi connectivity index (χ1n) is 16.6. The van der Waals surface area contributed by atoms with Gasteiger partial charge in [0, 0.05) is 31.8 Å². The van der Waals surface area contributed by atoms with Crippen molar-refractivity contribution in [1.29, 1.82) is 0 Å². The molecule has 2 aromatic heterocycles. The number of hydrogen-bond donors (Lipinski definition) is 6. The van der Waals surface area contributed by atoms with Crippen LogP contribution < -0.4 is 27.8 Å². The van der Waals surface area contributed by atoms with E-state index in [2.05, 4.69) is 20.8 Å². The largest absolute Gasteiger partial charge is 0.508 e. The molecule has 0 bridgehead atoms. The number of nitrogens with zero attached hydrogens (tertiary/aromatic N) is 4. The fourth-order valence-corrected chi connectivity index (χ4v) is 6.29. The summed E-state index contributed by atoms with van der Waals surface area (Å²) in [5.74, 6) is 1.28. The van der Waals surface area contributed by atoms with E-state index in [0.29, 0.717) is 55.9 Å². The van der Waals surface area contributed by atoms with Crippen LogP contribution in [-0.4, -0.2) is 55.2 Å². The zero-order valence-electron chi connectivity index (χ0n) is 27.2. The molecule has 3 aromatic rings. The van der Waals surface area contributed by atoms with Crippen molar-refractivity contribution in [2.75, 3.05) is 12.3 Å². The van der Waals surface area contributed by atoms with Gasteiger partial charge in [0.15, 0.2) is 11.8 Å². The van der Waals surface area contributed by atoms with E-state index >= 15 is 0 Å². The minimum atomic E-state index is -0.938. The highest BCUT2D eigenvalue weighted by molar-refractivity contribution is 5.90. The van der Waals surface area contributed by atoms with Crippen molar-refractivity contribution in [2.24, 2.45) is 17.4 Å². The molecule has 0 aliphatic heterocycles. The Bertz CT molecular complexity index is 1390. The maximum absolute atomic E-state index is 14.0. The number of phenols is 1. The van der Waals surface area contributed by atoms with Crippen molar-refractivity contribution in [3.63, 3.8) is 0 Å². The van der Waals surface area contributed by atoms with E-state index in [1.807, 2.05) is 13.8 Å². The first kappa shape index (κ1) is 34.9. The number of phenolic OH excluding ortho intramolecular Hbond substituents is 1. The molecule has 1 aliphatic rings. The Labute approximate surface area is 271 Å². The monoisotopic (exact) mass is 637 g/mol. The van der Waals surface area contributed by atoms with Crippen molar-refractivity contribution in [1.82, 2.24) is 30.3 Å². The number of nitrogens with two attached hydrogens (primary N) is 3. The number of aromatic hydroxyl groups is 1. The highest BCUT2D eigenvalue weighted by Crippen LogP contribution is 2.27. The summed E-state index contributed by atoms with van der Waals surface area (Å²) in [5.41, 5.74) is 20.4. The van der Waals surface area contributed by atoms with Crippen LogP contribution in [0, 0.1) is 19.8 Å². The molecule has 46 heavy (non-hydrogen) atoms. The molecule has 0 saturated heterocycles. The predicted molar refractivity (Wildman–Crippen MR) is 175 cm³/mol. The lowest BCUT2D eigenvalue weighted by atomic mass is 9.87. The summed E-state index contributed by atoms with van der Waals surface area (Å²) in [4.78, 5) is 36.0. The second-order valence-corrected chi connectivity index (χ2v) is 12.7. The number of imidazole rings is 1. The van der Waals surface area contributed by atoms with E-state index < -0.39 is 24.0 Å². The number of carbonyl (C=O) groups is 2. The molecule has 1 aromatic carbocycles. The second kappa shape index (κ2) is 17.1. The summed E-state index contributed by atoms with van der Waals surface area (Å²) in [6.45, 7) is 4.84. The Hall–Kier alpha value is -3.97. The van der Waals surface area contributed by atoms with Crippen molar-refractivity contribution in [3.8, 4) is 5.75 Å². The number of unbranched alkanes of at least 4 members (excludes halogenated alkanes) is 1. The number of hydrogen-bond acceptors (Lipinski definition) is 10. The number of amides is 2. The lowest BCUT2D eigenvalue weighted by Crippen LogP contribution is -2.53. The number of benzene rings is 1. The number of aromatic nitrogens is 4. The molecular weight excluding hydrogens is 586 g/mol. The topological polar surface area (TPSA) is 213 Å². The molecule has 1 aliphatic carbocycles. The fraction of sp³-hybridized carbons (Fsp3) is 0.606. The van der Waals surface area contributed by atoms with E-state index in [1.54, 1.807) is 29.1 Å². The highest BCUT2D eigenvalue weighted by Gasteiger charge is 2.30. The Morgan fingerprint density at radius 1 is 1.07 bits per heavy atom. The molecule has 9 N–H and O–H groups in total. The van der Waals surface area contributed by atoms with Gasteiger partial charge in [0.2, 0.25) is 17.7 Å². The summed E-state index contributed by atoms with van der Waals surface area (Å²) >= 11 is 0. The first-order chi connectivity index (χ1) is 22.1. The van der Waals surface area contributed by atoms with Crippen molar-refractivity contribution in [3.05, 3.63) is 52.9 Å². The van der Waals surface area contributed by atoms with E-state index in [4.69, 9.17) is 26.7 Å². The summed E-state index contributed by atoms with van der Waals surface area (Å²) in [6, 6.07) is 0.984. The lowest BCUT2D eigenvalue weighted by Gasteiger charge is -2.24. The van der Waals surface area contributed by atoms with Gasteiger partial charge in [0.25, 0.3) is 0 Å². The van der Waals surface area contributed by atoms with Crippen LogP contribution in [0.1, 0.15) is 98.7 Å². The van der Waals surface area contributed by atoms with Crippen LogP contribution in [-0.2, 0) is 29.0 Å². The van der Waals surface area contributed by atoms with Gasteiger partial charge in [-0.1, -0.05) is 37.3 Å². The molecule has 4 rings (SSSR count). The van der Waals surface area contributed by atoms with Gasteiger partial charge in [-0.05, 0) is 87.2 Å². The first-order valence-corrected chi connectivity index (χ1v) is 16.6. The third-order valence-corrected chi connectivity index (χ3v) is 8.96. The number of anilines is 1. The molecule has 13 nitrogen and oxygen atoms in total. The Balaban J connectivity index is 1.49. The van der Waals surface area contributed by atoms with Gasteiger partial charge in [0.1, 0.15) is 17.8 Å². The molecule has 2 amide bonds. The van der Waals surface area contributed by atoms with Crippen LogP contribution >= 0.6 is 0 Å². The van der Waals surface area contributed by atoms with E-state index in [0.717, 1.165) is 48.8 Å². The Kier molecular flexibility index (Phi) is 13.0. The van der Waals surface area contributed by atoms with Crippen LogP contribution in [0.25, 0.3) is 0 Å². The number of nitrogen functional groups attached to an aromatic ring is 1. The minimum absolute atomic E-state index is 0.143. The molecule has 3 unspecified atom stereocenters. The Morgan fingerprint density at radius 2 is 1.80 bits per heavy atom. The molecular formula is C33H51N9O4. The average molecular weight is 638 g/mol. The maximum atomic E-state index is 14.0. The quantitative estimate of drug-likeness (QED) is 0.119. The maximum Gasteiger partial charge on any atom is 0.249 e. The van der Waals surface area contributed by atoms with Crippen LogP contribution in [0.15, 0.2) is 29.0 Å². The molecule has 0 radical (unpaired) electrons. The number of rotatable bonds is 17. The van der Waals surface area contributed by atoms with Gasteiger partial charge in [-0.25, -0.2) is 4.98 Å². The zero-order valence-corrected chi connectivity index (χ0v) is 27.2. The summed E-state index contributed by atoms with van der Waals surface area (Å²) < 4.78 is 7.49. The van der Waals surface area contributed by atoms with Gasteiger partial charge >= 0.3 is 0 Å². The van der Waals surface area contributed by atoms with E-state index in [9.17, 15) is 14.7 Å². The lowest BCUT2D eigenvalue weighted by molar-refractivity contribution is -0.130. The average Bonchev–Trinajstić information content (AvgIpc) is 3.66. The van der Waals surface area contributed by atoms with Gasteiger partial charge in [-0.3, -0.25) is 9.59 Å². The molecule has 3 atom stereocenters. The normalized spacial score (nSPS) is 15.7. The van der Waals surface area contributed by atoms with Crippen molar-refractivity contribution in [2.45, 2.75) is 116 Å². The SMILES string of the molecule is Cc1cc(O)cc(C)c1CC(NC(=O)C(N)CCCn1ccnc1N)C(=O)NC(CCCCN)c1nc(CC2CCCCC2)no1. The summed E-state index contributed by atoms with van der Waals surface area (Å²) in [7, 11) is 0. The molecule has 2 heterocycles. The van der Waals surface area contributed by atoms with Gasteiger partial charge in [-0.15, -0.1) is 0 Å². The van der Waals surface area contributed by atoms with E-state index in [1.165, 1.54) is 19.3 Å². The zero-order chi connectivity index (χ0) is 33.1. The van der Waals surface area contributed by atoms with Gasteiger partial charge in [-0.2, -0.15) is 4.98 Å². The van der Waals surface area contributed by atoms with Crippen LogP contribution in [0.4, 0.5) is 5.95 Å². The van der Waals surface area contributed by atoms with E-state index in [-0.39, 0.29) is 18.1 Å². The molecule has 13 heteroatoms. The van der Waals surface area contributed by atoms with Crippen molar-refractivity contribution >= 4 is 17.8 Å². The summed E-state index contributed by atoms with van der Waals surface area (Å²) in [5, 5.41) is 20.3. The fourth-order valence-electron chi connectivity index (χ4n) is 6.29. The molecule has 1 saturated carbocycles. The molecule has 1 fully saturated rings. The van der Waals surface area contributed by atoms with Crippen LogP contribution in [0.5, 0.6) is 5.75 Å². The third kappa shape index (κ3) is 10.0. The van der Waals surface area contributed by atoms with Crippen LogP contribution in [0.3, 0.4) is 0 Å². The van der Waals surface area contributed by atoms with Crippen LogP contribution in [0.2, 0.25) is 0 Å². The predicted octanol–water partition coefficient (Wildman–Crippen LogP) is 3.12. The number of aryl methyl sites for hydroxylation is 3. The number of nitrogens with one attached hydrogen (secondary N) is 2. The smallest absolute Gasteiger partial charge is 0.249 e. The van der Waals surface area contributed by atoms with Gasteiger partial charge in [0.05, 0.1) is 6.04 Å². The highest BCUT2D eigenvalue weighted by atomic mass is 16.5. The molecule has 0 spiro atoms. The van der Waals surface area contributed by atoms with Gasteiger partial charge < -0.3 is 42.0 Å². The molecule has 252 valence electrons. The number of carbonyl (C=O) groups excluding carboxylic acids is 2. The minimum Gasteiger partial charge on any atom is -0.508 e. The second-order valence-electron chi connectivity index (χ2n) is 12.7. The Morgan fingerprint density at radius 3 is 2.48 bits per heavy atom.